The highest BCUT2D eigenvalue weighted by Gasteiger charge is 2.19. The summed E-state index contributed by atoms with van der Waals surface area (Å²) in [4.78, 5) is 38.2. The topological polar surface area (TPSA) is 78.9 Å². The Hall–Kier alpha value is -4.45. The van der Waals surface area contributed by atoms with E-state index in [1.54, 1.807) is 6.08 Å². The molecule has 75 heavy (non-hydrogen) atoms. The molecule has 0 radical (unpaired) electrons. The van der Waals surface area contributed by atoms with Crippen molar-refractivity contribution in [3.8, 4) is 0 Å². The first-order valence-electron chi connectivity index (χ1n) is 30.7. The summed E-state index contributed by atoms with van der Waals surface area (Å²) in [6, 6.07) is 0. The Morgan fingerprint density at radius 1 is 0.293 bits per heavy atom. The van der Waals surface area contributed by atoms with Gasteiger partial charge in [-0.25, -0.2) is 0 Å². The highest BCUT2D eigenvalue weighted by molar-refractivity contribution is 5.72. The molecular weight excluding hydrogens is 925 g/mol. The van der Waals surface area contributed by atoms with Gasteiger partial charge in [-0.3, -0.25) is 14.4 Å². The first-order valence-corrected chi connectivity index (χ1v) is 30.7. The van der Waals surface area contributed by atoms with Gasteiger partial charge in [-0.15, -0.1) is 0 Å². The third kappa shape index (κ3) is 60.3. The molecular formula is C69H112O6. The summed E-state index contributed by atoms with van der Waals surface area (Å²) < 4.78 is 16.8. The maximum atomic E-state index is 12.8. The molecule has 0 aliphatic rings. The Morgan fingerprint density at radius 3 is 0.880 bits per heavy atom. The van der Waals surface area contributed by atoms with Crippen LogP contribution in [-0.2, 0) is 28.6 Å². The van der Waals surface area contributed by atoms with E-state index in [1.807, 2.05) is 6.08 Å². The third-order valence-electron chi connectivity index (χ3n) is 12.7. The van der Waals surface area contributed by atoms with Crippen LogP contribution in [0.1, 0.15) is 265 Å². The van der Waals surface area contributed by atoms with Crippen molar-refractivity contribution in [2.24, 2.45) is 0 Å². The van der Waals surface area contributed by atoms with Gasteiger partial charge in [-0.2, -0.15) is 0 Å². The Labute approximate surface area is 462 Å². The Morgan fingerprint density at radius 2 is 0.560 bits per heavy atom. The molecule has 0 spiro atoms. The van der Waals surface area contributed by atoms with Gasteiger partial charge in [0.1, 0.15) is 13.2 Å². The summed E-state index contributed by atoms with van der Waals surface area (Å²) in [7, 11) is 0. The van der Waals surface area contributed by atoms with Gasteiger partial charge in [-0.1, -0.05) is 264 Å². The number of allylic oxidation sites excluding steroid dienone is 21. The largest absolute Gasteiger partial charge is 0.462 e. The fourth-order valence-electron chi connectivity index (χ4n) is 8.13. The Bertz CT molecular complexity index is 1620. The van der Waals surface area contributed by atoms with Gasteiger partial charge >= 0.3 is 17.9 Å². The van der Waals surface area contributed by atoms with Crippen molar-refractivity contribution in [3.63, 3.8) is 0 Å². The van der Waals surface area contributed by atoms with E-state index in [0.717, 1.165) is 116 Å². The number of hydrogen-bond acceptors (Lipinski definition) is 6. The molecule has 0 heterocycles. The van der Waals surface area contributed by atoms with Crippen LogP contribution in [0.15, 0.2) is 134 Å². The standard InChI is InChI=1S/C69H112O6/c1-4-7-10-13-16-19-22-25-28-29-30-31-32-33-34-35-36-37-38-39-42-44-47-50-53-56-59-62-68(71)74-65-66(75-69(72)63-60-57-54-51-48-45-41-27-24-21-18-15-12-9-6-3)64-73-67(70)61-58-55-52-49-46-43-40-26-23-20-17-14-11-8-5-2/h8-9,11-12,17-18,20-22,25-27,29-30,32-33,40-41,48,51,57,60,66H,4-7,10,13-16,19,23-24,28,31,34-39,42-47,49-50,52-56,58-59,61-65H2,1-3H3/b11-8-,12-9-,20-17-,21-18-,25-22-,30-29-,33-32-,40-26-,41-27-,51-48-,60-57-. The van der Waals surface area contributed by atoms with E-state index in [4.69, 9.17) is 14.2 Å². The zero-order chi connectivity index (χ0) is 54.3. The molecule has 0 bridgehead atoms. The first kappa shape index (κ1) is 70.5. The summed E-state index contributed by atoms with van der Waals surface area (Å²) >= 11 is 0. The summed E-state index contributed by atoms with van der Waals surface area (Å²) in [6.45, 7) is 6.30. The molecule has 0 aromatic carbocycles. The molecule has 0 amide bonds. The Balaban J connectivity index is 4.39. The SMILES string of the molecule is CC/C=C\C/C=C\C/C=C\C/C=C\C/C=C\CC(=O)OC(COC(=O)CCCCCCC/C=C\C/C=C\C/C=C\CC)COC(=O)CCCCCCCCCCCCCC/C=C\C/C=C\C/C=C\CCCCCCC. The molecule has 0 N–H and O–H groups in total. The number of unbranched alkanes of at least 4 members (excludes halogenated alkanes) is 22. The average molecular weight is 1040 g/mol. The maximum Gasteiger partial charge on any atom is 0.310 e. The minimum Gasteiger partial charge on any atom is -0.462 e. The van der Waals surface area contributed by atoms with Crippen molar-refractivity contribution in [2.75, 3.05) is 13.2 Å². The molecule has 0 saturated carbocycles. The Kier molecular flexibility index (Phi) is 58.4. The lowest BCUT2D eigenvalue weighted by Crippen LogP contribution is -2.30. The van der Waals surface area contributed by atoms with E-state index in [1.165, 1.54) is 103 Å². The average Bonchev–Trinajstić information content (AvgIpc) is 3.41. The van der Waals surface area contributed by atoms with E-state index in [2.05, 4.69) is 142 Å². The van der Waals surface area contributed by atoms with E-state index < -0.39 is 12.1 Å². The molecule has 0 aromatic heterocycles. The van der Waals surface area contributed by atoms with Crippen molar-refractivity contribution in [1.29, 1.82) is 0 Å². The number of esters is 3. The van der Waals surface area contributed by atoms with Crippen LogP contribution in [0.5, 0.6) is 0 Å². The first-order chi connectivity index (χ1) is 37.0. The van der Waals surface area contributed by atoms with Gasteiger partial charge in [0.05, 0.1) is 6.42 Å². The van der Waals surface area contributed by atoms with E-state index in [-0.39, 0.29) is 31.6 Å². The molecule has 6 nitrogen and oxygen atoms in total. The monoisotopic (exact) mass is 1040 g/mol. The van der Waals surface area contributed by atoms with Crippen LogP contribution in [0.4, 0.5) is 0 Å². The minimum absolute atomic E-state index is 0.0878. The molecule has 0 aromatic rings. The fraction of sp³-hybridized carbons (Fsp3) is 0.638. The van der Waals surface area contributed by atoms with Gasteiger partial charge < -0.3 is 14.2 Å². The quantitative estimate of drug-likeness (QED) is 0.0261. The normalized spacial score (nSPS) is 13.1. The van der Waals surface area contributed by atoms with Crippen LogP contribution in [-0.4, -0.2) is 37.2 Å². The number of ether oxygens (including phenoxy) is 3. The lowest BCUT2D eigenvalue weighted by Gasteiger charge is -2.18. The summed E-state index contributed by atoms with van der Waals surface area (Å²) in [5, 5.41) is 0. The predicted molar refractivity (Wildman–Crippen MR) is 325 cm³/mol. The molecule has 1 atom stereocenters. The van der Waals surface area contributed by atoms with Crippen LogP contribution >= 0.6 is 0 Å². The second-order valence-electron chi connectivity index (χ2n) is 19.9. The smallest absolute Gasteiger partial charge is 0.310 e. The van der Waals surface area contributed by atoms with Gasteiger partial charge in [0.2, 0.25) is 0 Å². The third-order valence-corrected chi connectivity index (χ3v) is 12.7. The van der Waals surface area contributed by atoms with E-state index in [9.17, 15) is 14.4 Å². The summed E-state index contributed by atoms with van der Waals surface area (Å²) in [5.41, 5.74) is 0. The van der Waals surface area contributed by atoms with Crippen molar-refractivity contribution in [3.05, 3.63) is 134 Å². The van der Waals surface area contributed by atoms with Crippen LogP contribution in [0.2, 0.25) is 0 Å². The van der Waals surface area contributed by atoms with Gasteiger partial charge in [0.15, 0.2) is 6.10 Å². The van der Waals surface area contributed by atoms with Gasteiger partial charge in [0, 0.05) is 12.8 Å². The summed E-state index contributed by atoms with van der Waals surface area (Å²) in [6.07, 6.45) is 87.7. The number of rotatable bonds is 54. The number of carbonyl (C=O) groups excluding carboxylic acids is 3. The molecule has 0 aliphatic carbocycles. The van der Waals surface area contributed by atoms with E-state index in [0.29, 0.717) is 19.3 Å². The second kappa shape index (κ2) is 62.1. The van der Waals surface area contributed by atoms with Crippen LogP contribution in [0, 0.1) is 0 Å². The molecule has 424 valence electrons. The van der Waals surface area contributed by atoms with Crippen molar-refractivity contribution >= 4 is 17.9 Å². The fourth-order valence-corrected chi connectivity index (χ4v) is 8.13. The van der Waals surface area contributed by atoms with Crippen molar-refractivity contribution in [2.45, 2.75) is 271 Å². The number of hydrogen-bond donors (Lipinski definition) is 0. The number of carbonyl (C=O) groups is 3. The van der Waals surface area contributed by atoms with Gasteiger partial charge in [0.25, 0.3) is 0 Å². The zero-order valence-corrected chi connectivity index (χ0v) is 48.5. The van der Waals surface area contributed by atoms with Gasteiger partial charge in [-0.05, 0) is 116 Å². The zero-order valence-electron chi connectivity index (χ0n) is 48.5. The predicted octanol–water partition coefficient (Wildman–Crippen LogP) is 21.0. The van der Waals surface area contributed by atoms with E-state index >= 15 is 0 Å². The van der Waals surface area contributed by atoms with Crippen molar-refractivity contribution < 1.29 is 28.6 Å². The lowest BCUT2D eigenvalue weighted by atomic mass is 10.0. The molecule has 0 rings (SSSR count). The second-order valence-corrected chi connectivity index (χ2v) is 19.9. The van der Waals surface area contributed by atoms with Crippen LogP contribution in [0.3, 0.4) is 0 Å². The molecule has 0 aliphatic heterocycles. The van der Waals surface area contributed by atoms with Crippen LogP contribution < -0.4 is 0 Å². The van der Waals surface area contributed by atoms with Crippen molar-refractivity contribution in [1.82, 2.24) is 0 Å². The lowest BCUT2D eigenvalue weighted by molar-refractivity contribution is -0.166. The molecule has 1 unspecified atom stereocenters. The van der Waals surface area contributed by atoms with Crippen LogP contribution in [0.25, 0.3) is 0 Å². The highest BCUT2D eigenvalue weighted by Crippen LogP contribution is 2.15. The highest BCUT2D eigenvalue weighted by atomic mass is 16.6. The maximum absolute atomic E-state index is 12.8. The molecule has 0 saturated heterocycles. The summed E-state index contributed by atoms with van der Waals surface area (Å²) in [5.74, 6) is -1.08. The minimum atomic E-state index is -0.846. The molecule has 0 fully saturated rings. The molecule has 6 heteroatoms.